The number of allylic oxidation sites excluding steroid dienone is 6. The monoisotopic (exact) mass is 310 g/mol. The predicted octanol–water partition coefficient (Wildman–Crippen LogP) is 5.20. The second-order valence-corrected chi connectivity index (χ2v) is 7.08. The molecule has 0 saturated heterocycles. The highest BCUT2D eigenvalue weighted by Crippen LogP contribution is 2.51. The van der Waals surface area contributed by atoms with Gasteiger partial charge < -0.3 is 10.6 Å². The van der Waals surface area contributed by atoms with Crippen LogP contribution in [0.25, 0.3) is 10.8 Å². The van der Waals surface area contributed by atoms with Crippen LogP contribution in [-0.4, -0.2) is 6.04 Å². The zero-order valence-corrected chi connectivity index (χ0v) is 13.3. The molecule has 2 aromatic rings. The molecule has 0 bridgehead atoms. The number of benzene rings is 2. The Kier molecular flexibility index (Phi) is 2.33. The van der Waals surface area contributed by atoms with Crippen molar-refractivity contribution >= 4 is 22.1 Å². The smallest absolute Gasteiger partial charge is 0.0552 e. The first-order valence-electron chi connectivity index (χ1n) is 8.75. The molecule has 2 heterocycles. The molecule has 2 heteroatoms. The largest absolute Gasteiger partial charge is 0.378 e. The molecule has 0 amide bonds. The van der Waals surface area contributed by atoms with Crippen LogP contribution in [0.4, 0.5) is 11.4 Å². The lowest BCUT2D eigenvalue weighted by Gasteiger charge is -2.19. The van der Waals surface area contributed by atoms with Crippen LogP contribution >= 0.6 is 0 Å². The van der Waals surface area contributed by atoms with Crippen LogP contribution in [0.5, 0.6) is 0 Å². The number of fused-ring (bicyclic) bond motifs is 9. The van der Waals surface area contributed by atoms with E-state index in [1.165, 1.54) is 39.0 Å². The Morgan fingerprint density at radius 3 is 2.71 bits per heavy atom. The molecule has 2 aromatic carbocycles. The summed E-state index contributed by atoms with van der Waals surface area (Å²) >= 11 is 0. The number of hydrogen-bond donors (Lipinski definition) is 2. The molecule has 0 radical (unpaired) electrons. The Bertz CT molecular complexity index is 998. The molecule has 2 aliphatic heterocycles. The van der Waals surface area contributed by atoms with Gasteiger partial charge >= 0.3 is 0 Å². The van der Waals surface area contributed by atoms with Crippen molar-refractivity contribution in [2.45, 2.75) is 24.3 Å². The van der Waals surface area contributed by atoms with Crippen LogP contribution in [0, 0.1) is 0 Å². The Balaban J connectivity index is 1.68. The summed E-state index contributed by atoms with van der Waals surface area (Å²) in [4.78, 5) is 0. The number of rotatable bonds is 0. The highest BCUT2D eigenvalue weighted by Gasteiger charge is 2.36. The number of anilines is 2. The van der Waals surface area contributed by atoms with Gasteiger partial charge in [-0.2, -0.15) is 0 Å². The molecule has 4 aliphatic rings. The van der Waals surface area contributed by atoms with Crippen molar-refractivity contribution in [3.05, 3.63) is 83.6 Å². The van der Waals surface area contributed by atoms with Crippen molar-refractivity contribution in [1.82, 2.24) is 0 Å². The maximum absolute atomic E-state index is 3.70. The van der Waals surface area contributed by atoms with Crippen LogP contribution in [0.2, 0.25) is 0 Å². The lowest BCUT2D eigenvalue weighted by molar-refractivity contribution is 0.805. The zero-order chi connectivity index (χ0) is 15.7. The standard InChI is InChI=1S/C22H18N2/c1-3-7-16-14(5-1)21-18(23-16)11-9-13-10-12-19-22(20(13)21)15-6-2-4-8-17(15)24-19/h1-5,7-12,14-16,23-24H,6H2. The first-order chi connectivity index (χ1) is 11.9. The fourth-order valence-corrected chi connectivity index (χ4v) is 4.80. The molecule has 2 aliphatic carbocycles. The van der Waals surface area contributed by atoms with Crippen molar-refractivity contribution in [2.75, 3.05) is 10.6 Å². The normalized spacial score (nSPS) is 27.8. The van der Waals surface area contributed by atoms with Crippen molar-refractivity contribution < 1.29 is 0 Å². The van der Waals surface area contributed by atoms with E-state index in [0.29, 0.717) is 17.9 Å². The van der Waals surface area contributed by atoms with Crippen molar-refractivity contribution in [3.63, 3.8) is 0 Å². The summed E-state index contributed by atoms with van der Waals surface area (Å²) in [5.74, 6) is 0.912. The topological polar surface area (TPSA) is 24.1 Å². The fourth-order valence-electron chi connectivity index (χ4n) is 4.80. The van der Waals surface area contributed by atoms with Gasteiger partial charge in [0, 0.05) is 28.9 Å². The molecule has 0 fully saturated rings. The van der Waals surface area contributed by atoms with Gasteiger partial charge in [0.2, 0.25) is 0 Å². The lowest BCUT2D eigenvalue weighted by atomic mass is 9.82. The van der Waals surface area contributed by atoms with Crippen molar-refractivity contribution in [3.8, 4) is 0 Å². The molecule has 116 valence electrons. The summed E-state index contributed by atoms with van der Waals surface area (Å²) in [5.41, 5.74) is 6.90. The minimum atomic E-state index is 0.391. The fraction of sp³-hybridized carbons (Fsp3) is 0.182. The summed E-state index contributed by atoms with van der Waals surface area (Å²) in [7, 11) is 0. The van der Waals surface area contributed by atoms with Crippen molar-refractivity contribution in [1.29, 1.82) is 0 Å². The minimum Gasteiger partial charge on any atom is -0.378 e. The van der Waals surface area contributed by atoms with E-state index in [9.17, 15) is 0 Å². The molecular formula is C22H18N2. The summed E-state index contributed by atoms with van der Waals surface area (Å²) in [6.45, 7) is 0. The van der Waals surface area contributed by atoms with E-state index in [-0.39, 0.29) is 0 Å². The average molecular weight is 310 g/mol. The molecule has 0 aromatic heterocycles. The van der Waals surface area contributed by atoms with E-state index in [1.54, 1.807) is 0 Å². The molecule has 0 saturated carbocycles. The molecular weight excluding hydrogens is 292 g/mol. The van der Waals surface area contributed by atoms with Gasteiger partial charge in [-0.25, -0.2) is 0 Å². The second kappa shape index (κ2) is 4.41. The molecule has 6 rings (SSSR count). The van der Waals surface area contributed by atoms with Gasteiger partial charge in [0.25, 0.3) is 0 Å². The maximum Gasteiger partial charge on any atom is 0.0552 e. The van der Waals surface area contributed by atoms with Crippen LogP contribution in [0.15, 0.2) is 72.5 Å². The predicted molar refractivity (Wildman–Crippen MR) is 101 cm³/mol. The first-order valence-corrected chi connectivity index (χ1v) is 8.75. The summed E-state index contributed by atoms with van der Waals surface area (Å²) in [5, 5.41) is 10.2. The third-order valence-electron chi connectivity index (χ3n) is 5.84. The SMILES string of the molecule is C1=CCC2C(=C1)Nc1ccc3ccc4c(c3c12)C1C=CC=CC1N4. The van der Waals surface area contributed by atoms with E-state index in [2.05, 4.69) is 77.4 Å². The van der Waals surface area contributed by atoms with E-state index in [0.717, 1.165) is 6.42 Å². The van der Waals surface area contributed by atoms with Crippen LogP contribution in [0.3, 0.4) is 0 Å². The van der Waals surface area contributed by atoms with E-state index >= 15 is 0 Å². The minimum absolute atomic E-state index is 0.391. The quantitative estimate of drug-likeness (QED) is 0.699. The zero-order valence-electron chi connectivity index (χ0n) is 13.3. The highest BCUT2D eigenvalue weighted by molar-refractivity contribution is 6.00. The van der Waals surface area contributed by atoms with Crippen LogP contribution in [-0.2, 0) is 0 Å². The third-order valence-corrected chi connectivity index (χ3v) is 5.84. The van der Waals surface area contributed by atoms with Gasteiger partial charge in [-0.15, -0.1) is 0 Å². The lowest BCUT2D eigenvalue weighted by Crippen LogP contribution is -2.17. The summed E-state index contributed by atoms with van der Waals surface area (Å²) in [6.07, 6.45) is 16.8. The Morgan fingerprint density at radius 1 is 0.875 bits per heavy atom. The summed E-state index contributed by atoms with van der Waals surface area (Å²) < 4.78 is 0. The molecule has 2 nitrogen and oxygen atoms in total. The third kappa shape index (κ3) is 1.51. The van der Waals surface area contributed by atoms with E-state index in [4.69, 9.17) is 0 Å². The van der Waals surface area contributed by atoms with Crippen LogP contribution in [0.1, 0.15) is 29.4 Å². The molecule has 3 unspecified atom stereocenters. The van der Waals surface area contributed by atoms with Gasteiger partial charge in [0.05, 0.1) is 6.04 Å². The van der Waals surface area contributed by atoms with Crippen molar-refractivity contribution in [2.24, 2.45) is 0 Å². The van der Waals surface area contributed by atoms with E-state index < -0.39 is 0 Å². The second-order valence-electron chi connectivity index (χ2n) is 7.08. The average Bonchev–Trinajstić information content (AvgIpc) is 3.19. The Labute approximate surface area is 141 Å². The first kappa shape index (κ1) is 12.7. The van der Waals surface area contributed by atoms with E-state index in [1.807, 2.05) is 0 Å². The van der Waals surface area contributed by atoms with Gasteiger partial charge in [0.15, 0.2) is 0 Å². The summed E-state index contributed by atoms with van der Waals surface area (Å²) in [6, 6.07) is 9.43. The van der Waals surface area contributed by atoms with Crippen LogP contribution < -0.4 is 10.6 Å². The Hall–Kier alpha value is -2.74. The van der Waals surface area contributed by atoms with Gasteiger partial charge in [-0.3, -0.25) is 0 Å². The number of hydrogen-bond acceptors (Lipinski definition) is 2. The van der Waals surface area contributed by atoms with Gasteiger partial charge in [-0.05, 0) is 46.5 Å². The highest BCUT2D eigenvalue weighted by atomic mass is 15.0. The van der Waals surface area contributed by atoms with Gasteiger partial charge in [0.1, 0.15) is 0 Å². The maximum atomic E-state index is 3.70. The number of nitrogens with one attached hydrogen (secondary N) is 2. The molecule has 2 N–H and O–H groups in total. The molecule has 24 heavy (non-hydrogen) atoms. The molecule has 0 spiro atoms. The molecule has 3 atom stereocenters. The van der Waals surface area contributed by atoms with Gasteiger partial charge in [-0.1, -0.05) is 48.6 Å². The Morgan fingerprint density at radius 2 is 1.75 bits per heavy atom.